The number of aromatic nitrogens is 4. The lowest BCUT2D eigenvalue weighted by Crippen LogP contribution is -2.10. The number of benzene rings is 1. The number of pyridine rings is 1. The Bertz CT molecular complexity index is 1250. The molecule has 4 aromatic rings. The molecule has 0 amide bonds. The highest BCUT2D eigenvalue weighted by Gasteiger charge is 2.34. The summed E-state index contributed by atoms with van der Waals surface area (Å²) in [4.78, 5) is 7.90. The Hall–Kier alpha value is -3.82. The fourth-order valence-corrected chi connectivity index (χ4v) is 3.12. The maximum absolute atomic E-state index is 13.2. The number of hydrogen-bond acceptors (Lipinski definition) is 6. The van der Waals surface area contributed by atoms with E-state index in [2.05, 4.69) is 15.1 Å². The minimum absolute atomic E-state index is 0.155. The summed E-state index contributed by atoms with van der Waals surface area (Å²) < 4.78 is 51.8. The number of nitrogens with two attached hydrogens (primary N) is 1. The van der Waals surface area contributed by atoms with Crippen molar-refractivity contribution in [2.45, 2.75) is 6.18 Å². The van der Waals surface area contributed by atoms with Crippen LogP contribution in [0.3, 0.4) is 0 Å². The molecule has 7 nitrogen and oxygen atoms in total. The molecule has 4 heterocycles. The van der Waals surface area contributed by atoms with Crippen LogP contribution < -0.4 is 15.2 Å². The van der Waals surface area contributed by atoms with E-state index in [9.17, 15) is 13.2 Å². The van der Waals surface area contributed by atoms with Gasteiger partial charge in [0.1, 0.15) is 5.82 Å². The fourth-order valence-electron chi connectivity index (χ4n) is 3.12. The second kappa shape index (κ2) is 6.09. The van der Waals surface area contributed by atoms with Crippen LogP contribution in [-0.4, -0.2) is 26.4 Å². The SMILES string of the molecule is Nc1ncc(-c2cnc3ccc(-c4ccc5c(c4)OCO5)nn23)cc1C(F)(F)F. The van der Waals surface area contributed by atoms with Gasteiger partial charge in [0.05, 0.1) is 23.1 Å². The second-order valence-electron chi connectivity index (χ2n) is 6.35. The smallest absolute Gasteiger partial charge is 0.419 e. The number of rotatable bonds is 2. The average Bonchev–Trinajstić information content (AvgIpc) is 3.33. The van der Waals surface area contributed by atoms with Gasteiger partial charge in [-0.3, -0.25) is 0 Å². The Balaban J connectivity index is 1.63. The van der Waals surface area contributed by atoms with E-state index < -0.39 is 17.6 Å². The lowest BCUT2D eigenvalue weighted by molar-refractivity contribution is -0.137. The summed E-state index contributed by atoms with van der Waals surface area (Å²) in [6.07, 6.45) is -1.90. The van der Waals surface area contributed by atoms with E-state index >= 15 is 0 Å². The molecule has 10 heteroatoms. The number of ether oxygens (including phenoxy) is 2. The fraction of sp³-hybridized carbons (Fsp3) is 0.105. The highest BCUT2D eigenvalue weighted by molar-refractivity contribution is 5.68. The molecule has 146 valence electrons. The van der Waals surface area contributed by atoms with Gasteiger partial charge in [-0.05, 0) is 36.4 Å². The zero-order valence-corrected chi connectivity index (χ0v) is 14.6. The van der Waals surface area contributed by atoms with Gasteiger partial charge in [-0.1, -0.05) is 0 Å². The van der Waals surface area contributed by atoms with Gasteiger partial charge < -0.3 is 15.2 Å². The molecule has 0 unspecified atom stereocenters. The van der Waals surface area contributed by atoms with Crippen LogP contribution in [0.2, 0.25) is 0 Å². The molecule has 0 bridgehead atoms. The summed E-state index contributed by atoms with van der Waals surface area (Å²) in [5, 5.41) is 4.54. The summed E-state index contributed by atoms with van der Waals surface area (Å²) in [5.74, 6) is 0.669. The first kappa shape index (κ1) is 17.3. The molecule has 0 saturated heterocycles. The molecule has 2 N–H and O–H groups in total. The summed E-state index contributed by atoms with van der Waals surface area (Å²) in [6, 6.07) is 9.83. The van der Waals surface area contributed by atoms with Crippen LogP contribution in [0.4, 0.5) is 19.0 Å². The van der Waals surface area contributed by atoms with Gasteiger partial charge in [-0.25, -0.2) is 14.5 Å². The zero-order valence-electron chi connectivity index (χ0n) is 14.6. The van der Waals surface area contributed by atoms with Crippen LogP contribution >= 0.6 is 0 Å². The molecule has 0 atom stereocenters. The van der Waals surface area contributed by atoms with Gasteiger partial charge in [0.15, 0.2) is 17.1 Å². The summed E-state index contributed by atoms with van der Waals surface area (Å²) >= 11 is 0. The Labute approximate surface area is 161 Å². The first-order valence-electron chi connectivity index (χ1n) is 8.48. The number of fused-ring (bicyclic) bond motifs is 2. The molecule has 29 heavy (non-hydrogen) atoms. The van der Waals surface area contributed by atoms with Gasteiger partial charge in [-0.2, -0.15) is 18.3 Å². The van der Waals surface area contributed by atoms with Crippen molar-refractivity contribution in [3.05, 3.63) is 54.4 Å². The normalized spacial score (nSPS) is 13.2. The second-order valence-corrected chi connectivity index (χ2v) is 6.35. The number of anilines is 1. The van der Waals surface area contributed by atoms with Crippen LogP contribution in [0.1, 0.15) is 5.56 Å². The molecule has 0 aliphatic carbocycles. The molecular weight excluding hydrogens is 387 g/mol. The molecule has 0 radical (unpaired) electrons. The molecule has 1 aromatic carbocycles. The minimum Gasteiger partial charge on any atom is -0.454 e. The Morgan fingerprint density at radius 2 is 1.76 bits per heavy atom. The van der Waals surface area contributed by atoms with E-state index in [4.69, 9.17) is 15.2 Å². The van der Waals surface area contributed by atoms with E-state index in [-0.39, 0.29) is 12.4 Å². The number of hydrogen-bond donors (Lipinski definition) is 1. The lowest BCUT2D eigenvalue weighted by Gasteiger charge is -2.11. The van der Waals surface area contributed by atoms with E-state index in [0.717, 1.165) is 11.6 Å². The molecule has 0 fully saturated rings. The molecule has 1 aliphatic rings. The highest BCUT2D eigenvalue weighted by atomic mass is 19.4. The maximum atomic E-state index is 13.2. The van der Waals surface area contributed by atoms with Crippen molar-refractivity contribution in [3.8, 4) is 34.0 Å². The van der Waals surface area contributed by atoms with E-state index in [1.807, 2.05) is 6.07 Å². The predicted octanol–water partition coefficient (Wildman–Crippen LogP) is 3.79. The van der Waals surface area contributed by atoms with Crippen molar-refractivity contribution in [2.24, 2.45) is 0 Å². The summed E-state index contributed by atoms with van der Waals surface area (Å²) in [6.45, 7) is 0.155. The third-order valence-electron chi connectivity index (χ3n) is 4.55. The summed E-state index contributed by atoms with van der Waals surface area (Å²) in [5.41, 5.74) is 6.80. The third kappa shape index (κ3) is 2.89. The van der Waals surface area contributed by atoms with Crippen molar-refractivity contribution < 1.29 is 22.6 Å². The number of nitrogen functional groups attached to an aromatic ring is 1. The largest absolute Gasteiger partial charge is 0.454 e. The number of halogens is 3. The number of imidazole rings is 1. The maximum Gasteiger partial charge on any atom is 0.419 e. The van der Waals surface area contributed by atoms with Crippen molar-refractivity contribution >= 4 is 11.5 Å². The molecule has 0 spiro atoms. The Morgan fingerprint density at radius 1 is 0.931 bits per heavy atom. The molecule has 0 saturated carbocycles. The van der Waals surface area contributed by atoms with Crippen LogP contribution in [0, 0.1) is 0 Å². The van der Waals surface area contributed by atoms with Gasteiger partial charge in [0, 0.05) is 17.3 Å². The van der Waals surface area contributed by atoms with E-state index in [0.29, 0.717) is 28.5 Å². The Kier molecular flexibility index (Phi) is 3.63. The van der Waals surface area contributed by atoms with Crippen molar-refractivity contribution in [1.82, 2.24) is 19.6 Å². The third-order valence-corrected chi connectivity index (χ3v) is 4.55. The molecular formula is C19H12F3N5O2. The first-order chi connectivity index (χ1) is 13.9. The van der Waals surface area contributed by atoms with E-state index in [1.165, 1.54) is 16.9 Å². The first-order valence-corrected chi connectivity index (χ1v) is 8.48. The van der Waals surface area contributed by atoms with Crippen LogP contribution in [-0.2, 0) is 6.18 Å². The van der Waals surface area contributed by atoms with Crippen LogP contribution in [0.5, 0.6) is 11.5 Å². The molecule has 1 aliphatic heterocycles. The van der Waals surface area contributed by atoms with Crippen LogP contribution in [0.15, 0.2) is 48.8 Å². The van der Waals surface area contributed by atoms with Crippen molar-refractivity contribution in [2.75, 3.05) is 12.5 Å². The van der Waals surface area contributed by atoms with Gasteiger partial charge in [0.25, 0.3) is 0 Å². The van der Waals surface area contributed by atoms with Crippen molar-refractivity contribution in [1.29, 1.82) is 0 Å². The molecule has 3 aromatic heterocycles. The number of alkyl halides is 3. The summed E-state index contributed by atoms with van der Waals surface area (Å²) in [7, 11) is 0. The monoisotopic (exact) mass is 399 g/mol. The standard InChI is InChI=1S/C19H12F3N5O2/c20-19(21,22)12-5-11(7-25-18(12)23)14-8-24-17-4-2-13(26-27(14)17)10-1-3-15-16(6-10)29-9-28-15/h1-8H,9H2,(H2,23,25). The van der Waals surface area contributed by atoms with Gasteiger partial charge >= 0.3 is 6.18 Å². The van der Waals surface area contributed by atoms with Gasteiger partial charge in [0.2, 0.25) is 6.79 Å². The van der Waals surface area contributed by atoms with Crippen molar-refractivity contribution in [3.63, 3.8) is 0 Å². The predicted molar refractivity (Wildman–Crippen MR) is 97.2 cm³/mol. The lowest BCUT2D eigenvalue weighted by atomic mass is 10.1. The Morgan fingerprint density at radius 3 is 2.59 bits per heavy atom. The topological polar surface area (TPSA) is 87.6 Å². The molecule has 5 rings (SSSR count). The average molecular weight is 399 g/mol. The van der Waals surface area contributed by atoms with E-state index in [1.54, 1.807) is 24.3 Å². The number of nitrogens with zero attached hydrogens (tertiary/aromatic N) is 4. The van der Waals surface area contributed by atoms with Gasteiger partial charge in [-0.15, -0.1) is 0 Å². The minimum atomic E-state index is -4.61. The quantitative estimate of drug-likeness (QED) is 0.552. The highest BCUT2D eigenvalue weighted by Crippen LogP contribution is 2.37. The zero-order chi connectivity index (χ0) is 20.2. The van der Waals surface area contributed by atoms with Crippen LogP contribution in [0.25, 0.3) is 28.2 Å².